The van der Waals surface area contributed by atoms with Crippen molar-refractivity contribution in [3.63, 3.8) is 0 Å². The molecule has 1 aromatic heterocycles. The molecule has 0 spiro atoms. The summed E-state index contributed by atoms with van der Waals surface area (Å²) in [6.45, 7) is 5.22. The van der Waals surface area contributed by atoms with Gasteiger partial charge in [-0.25, -0.2) is 4.98 Å². The van der Waals surface area contributed by atoms with Gasteiger partial charge in [0.05, 0.1) is 6.54 Å². The molecule has 2 rings (SSSR count). The van der Waals surface area contributed by atoms with Crippen LogP contribution in [-0.4, -0.2) is 27.6 Å². The van der Waals surface area contributed by atoms with Crippen molar-refractivity contribution in [2.75, 3.05) is 11.9 Å². The van der Waals surface area contributed by atoms with E-state index in [1.165, 1.54) is 6.33 Å². The quantitative estimate of drug-likeness (QED) is 0.759. The predicted molar refractivity (Wildman–Crippen MR) is 72.9 cm³/mol. The molecule has 0 atom stereocenters. The third-order valence-corrected chi connectivity index (χ3v) is 2.74. The minimum Gasteiger partial charge on any atom is -0.385 e. The molecule has 0 saturated carbocycles. The molecule has 0 aliphatic carbocycles. The molecule has 1 heterocycles. The van der Waals surface area contributed by atoms with E-state index in [0.717, 1.165) is 17.8 Å². The summed E-state index contributed by atoms with van der Waals surface area (Å²) in [4.78, 5) is 15.9. The Labute approximate surface area is 111 Å². The average Bonchev–Trinajstić information content (AvgIpc) is 2.91. The van der Waals surface area contributed by atoms with Gasteiger partial charge in [-0.05, 0) is 37.6 Å². The number of hydrogen-bond acceptors (Lipinski definition) is 4. The number of hydrogen-bond donors (Lipinski definition) is 3. The van der Waals surface area contributed by atoms with Gasteiger partial charge >= 0.3 is 0 Å². The summed E-state index contributed by atoms with van der Waals surface area (Å²) in [6.07, 6.45) is 1.41. The first-order chi connectivity index (χ1) is 9.20. The summed E-state index contributed by atoms with van der Waals surface area (Å²) in [5.74, 6) is 0.511. The van der Waals surface area contributed by atoms with Crippen molar-refractivity contribution in [1.29, 1.82) is 0 Å². The van der Waals surface area contributed by atoms with Crippen molar-refractivity contribution in [3.05, 3.63) is 41.5 Å². The lowest BCUT2D eigenvalue weighted by Gasteiger charge is -2.09. The number of aryl methyl sites for hydroxylation is 1. The first-order valence-corrected chi connectivity index (χ1v) is 6.17. The molecule has 0 fully saturated rings. The lowest BCUT2D eigenvalue weighted by Crippen LogP contribution is -2.23. The topological polar surface area (TPSA) is 82.7 Å². The summed E-state index contributed by atoms with van der Waals surface area (Å²) in [7, 11) is 0. The molecule has 2 aromatic rings. The minimum absolute atomic E-state index is 0.123. The zero-order chi connectivity index (χ0) is 13.7. The molecular weight excluding hydrogens is 242 g/mol. The molecule has 3 N–H and O–H groups in total. The summed E-state index contributed by atoms with van der Waals surface area (Å²) < 4.78 is 0. The van der Waals surface area contributed by atoms with Crippen LogP contribution in [0.15, 0.2) is 24.5 Å². The number of aromatic nitrogens is 3. The zero-order valence-electron chi connectivity index (χ0n) is 11.0. The van der Waals surface area contributed by atoms with E-state index < -0.39 is 0 Å². The van der Waals surface area contributed by atoms with E-state index in [2.05, 4.69) is 25.8 Å². The maximum absolute atomic E-state index is 12.0. The molecule has 0 aliphatic heterocycles. The average molecular weight is 259 g/mol. The molecule has 0 bridgehead atoms. The van der Waals surface area contributed by atoms with E-state index in [0.29, 0.717) is 17.9 Å². The Hall–Kier alpha value is -2.37. The van der Waals surface area contributed by atoms with E-state index in [1.807, 2.05) is 26.0 Å². The number of H-pyrrole nitrogens is 1. The number of rotatable bonds is 5. The van der Waals surface area contributed by atoms with Crippen LogP contribution in [0.3, 0.4) is 0 Å². The standard InChI is InChI=1S/C13H17N5O/c1-3-14-11-5-4-10(6-9(11)2)13(19)15-7-12-16-8-17-18-12/h4-6,8,14H,3,7H2,1-2H3,(H,15,19)(H,16,17,18). The second-order valence-corrected chi connectivity index (χ2v) is 4.17. The molecule has 0 radical (unpaired) electrons. The third-order valence-electron chi connectivity index (χ3n) is 2.74. The molecule has 100 valence electrons. The smallest absolute Gasteiger partial charge is 0.251 e. The number of amides is 1. The van der Waals surface area contributed by atoms with E-state index in [-0.39, 0.29) is 5.91 Å². The Balaban J connectivity index is 2.01. The van der Waals surface area contributed by atoms with E-state index in [9.17, 15) is 4.79 Å². The molecule has 6 heteroatoms. The van der Waals surface area contributed by atoms with Gasteiger partial charge in [0.1, 0.15) is 12.2 Å². The van der Waals surface area contributed by atoms with Gasteiger partial charge in [0.2, 0.25) is 0 Å². The fourth-order valence-electron chi connectivity index (χ4n) is 1.78. The highest BCUT2D eigenvalue weighted by Gasteiger charge is 2.08. The van der Waals surface area contributed by atoms with Crippen LogP contribution >= 0.6 is 0 Å². The third kappa shape index (κ3) is 3.31. The second-order valence-electron chi connectivity index (χ2n) is 4.17. The lowest BCUT2D eigenvalue weighted by atomic mass is 10.1. The van der Waals surface area contributed by atoms with Gasteiger partial charge in [-0.2, -0.15) is 5.10 Å². The molecule has 0 saturated heterocycles. The van der Waals surface area contributed by atoms with E-state index in [1.54, 1.807) is 6.07 Å². The molecule has 0 unspecified atom stereocenters. The Morgan fingerprint density at radius 2 is 2.26 bits per heavy atom. The molecule has 0 aliphatic rings. The Bertz CT molecular complexity index is 550. The first-order valence-electron chi connectivity index (χ1n) is 6.17. The number of benzene rings is 1. The van der Waals surface area contributed by atoms with Gasteiger partial charge in [-0.3, -0.25) is 9.89 Å². The fraction of sp³-hybridized carbons (Fsp3) is 0.308. The SMILES string of the molecule is CCNc1ccc(C(=O)NCc2ncn[nH]2)cc1C. The van der Waals surface area contributed by atoms with Gasteiger partial charge in [-0.15, -0.1) is 0 Å². The number of nitrogens with zero attached hydrogens (tertiary/aromatic N) is 2. The molecule has 1 amide bonds. The van der Waals surface area contributed by atoms with Crippen LogP contribution in [0.2, 0.25) is 0 Å². The Morgan fingerprint density at radius 1 is 1.42 bits per heavy atom. The summed E-state index contributed by atoms with van der Waals surface area (Å²) in [5, 5.41) is 12.4. The van der Waals surface area contributed by atoms with Crippen LogP contribution in [0.25, 0.3) is 0 Å². The van der Waals surface area contributed by atoms with Crippen molar-refractivity contribution in [1.82, 2.24) is 20.5 Å². The van der Waals surface area contributed by atoms with Gasteiger partial charge in [0, 0.05) is 17.8 Å². The number of anilines is 1. The first kappa shape index (κ1) is 13.1. The van der Waals surface area contributed by atoms with Crippen LogP contribution in [0, 0.1) is 6.92 Å². The van der Waals surface area contributed by atoms with Gasteiger partial charge < -0.3 is 10.6 Å². The van der Waals surface area contributed by atoms with E-state index in [4.69, 9.17) is 0 Å². The van der Waals surface area contributed by atoms with Crippen LogP contribution in [0.4, 0.5) is 5.69 Å². The van der Waals surface area contributed by atoms with Crippen molar-refractivity contribution in [3.8, 4) is 0 Å². The summed E-state index contributed by atoms with van der Waals surface area (Å²) in [6, 6.07) is 5.59. The molecular formula is C13H17N5O. The Morgan fingerprint density at radius 3 is 2.89 bits per heavy atom. The minimum atomic E-state index is -0.123. The van der Waals surface area contributed by atoms with Gasteiger partial charge in [0.25, 0.3) is 5.91 Å². The molecule has 1 aromatic carbocycles. The highest BCUT2D eigenvalue weighted by molar-refractivity contribution is 5.94. The maximum Gasteiger partial charge on any atom is 0.251 e. The lowest BCUT2D eigenvalue weighted by molar-refractivity contribution is 0.0950. The molecule has 6 nitrogen and oxygen atoms in total. The summed E-state index contributed by atoms with van der Waals surface area (Å²) in [5.41, 5.74) is 2.74. The number of carbonyl (C=O) groups excluding carboxylic acids is 1. The molecule has 19 heavy (non-hydrogen) atoms. The highest BCUT2D eigenvalue weighted by Crippen LogP contribution is 2.16. The van der Waals surface area contributed by atoms with Crippen LogP contribution < -0.4 is 10.6 Å². The normalized spacial score (nSPS) is 10.2. The van der Waals surface area contributed by atoms with Crippen LogP contribution in [-0.2, 0) is 6.54 Å². The number of carbonyl (C=O) groups is 1. The number of nitrogens with one attached hydrogen (secondary N) is 3. The second kappa shape index (κ2) is 5.99. The predicted octanol–water partition coefficient (Wildman–Crippen LogP) is 1.47. The summed E-state index contributed by atoms with van der Waals surface area (Å²) >= 11 is 0. The van der Waals surface area contributed by atoms with Gasteiger partial charge in [-0.1, -0.05) is 0 Å². The van der Waals surface area contributed by atoms with E-state index >= 15 is 0 Å². The monoisotopic (exact) mass is 259 g/mol. The maximum atomic E-state index is 12.0. The van der Waals surface area contributed by atoms with Gasteiger partial charge in [0.15, 0.2) is 0 Å². The van der Waals surface area contributed by atoms with Crippen molar-refractivity contribution in [2.24, 2.45) is 0 Å². The van der Waals surface area contributed by atoms with Crippen LogP contribution in [0.5, 0.6) is 0 Å². The zero-order valence-corrected chi connectivity index (χ0v) is 11.0. The van der Waals surface area contributed by atoms with Crippen molar-refractivity contribution < 1.29 is 4.79 Å². The fourth-order valence-corrected chi connectivity index (χ4v) is 1.78. The highest BCUT2D eigenvalue weighted by atomic mass is 16.1. The Kier molecular flexibility index (Phi) is 4.12. The van der Waals surface area contributed by atoms with Crippen LogP contribution in [0.1, 0.15) is 28.7 Å². The van der Waals surface area contributed by atoms with Crippen molar-refractivity contribution in [2.45, 2.75) is 20.4 Å². The largest absolute Gasteiger partial charge is 0.385 e. The number of aromatic amines is 1. The van der Waals surface area contributed by atoms with Crippen molar-refractivity contribution >= 4 is 11.6 Å².